The van der Waals surface area contributed by atoms with Crippen molar-refractivity contribution in [3.63, 3.8) is 0 Å². The van der Waals surface area contributed by atoms with Crippen LogP contribution in [-0.4, -0.2) is 4.98 Å². The van der Waals surface area contributed by atoms with Gasteiger partial charge in [0.15, 0.2) is 0 Å². The van der Waals surface area contributed by atoms with E-state index in [1.807, 2.05) is 31.2 Å². The van der Waals surface area contributed by atoms with Gasteiger partial charge >= 0.3 is 0 Å². The Hall–Kier alpha value is -2.03. The lowest BCUT2D eigenvalue weighted by atomic mass is 10.1. The number of aromatic nitrogens is 1. The number of nitrogen functional groups attached to an aromatic ring is 1. The molecule has 2 aromatic rings. The van der Waals surface area contributed by atoms with Gasteiger partial charge in [-0.1, -0.05) is 29.8 Å². The molecule has 15 heavy (non-hydrogen) atoms. The molecule has 0 aliphatic heterocycles. The van der Waals surface area contributed by atoms with Gasteiger partial charge in [0, 0.05) is 17.4 Å². The van der Waals surface area contributed by atoms with Gasteiger partial charge < -0.3 is 10.7 Å². The number of aromatic amines is 1. The summed E-state index contributed by atoms with van der Waals surface area (Å²) in [5, 5.41) is 0. The predicted molar refractivity (Wildman–Crippen MR) is 61.6 cm³/mol. The Bertz CT molecular complexity index is 526. The van der Waals surface area contributed by atoms with E-state index in [0.717, 1.165) is 5.56 Å². The Kier molecular flexibility index (Phi) is 2.29. The van der Waals surface area contributed by atoms with E-state index in [9.17, 15) is 4.79 Å². The molecule has 0 bridgehead atoms. The highest BCUT2D eigenvalue weighted by Crippen LogP contribution is 2.17. The van der Waals surface area contributed by atoms with Crippen molar-refractivity contribution in [1.82, 2.24) is 4.98 Å². The second-order valence-electron chi connectivity index (χ2n) is 3.54. The molecule has 1 aromatic carbocycles. The quantitative estimate of drug-likeness (QED) is 0.739. The third kappa shape index (κ3) is 1.91. The second kappa shape index (κ2) is 3.61. The van der Waals surface area contributed by atoms with Crippen LogP contribution in [0.3, 0.4) is 0 Å². The molecule has 1 heterocycles. The summed E-state index contributed by atoms with van der Waals surface area (Å²) in [4.78, 5) is 14.1. The van der Waals surface area contributed by atoms with Gasteiger partial charge in [0.1, 0.15) is 0 Å². The first kappa shape index (κ1) is 9.52. The number of nitrogens with one attached hydrogen (secondary N) is 1. The summed E-state index contributed by atoms with van der Waals surface area (Å²) in [6.07, 6.45) is 1.50. The van der Waals surface area contributed by atoms with Gasteiger partial charge in [-0.2, -0.15) is 0 Å². The van der Waals surface area contributed by atoms with Crippen LogP contribution in [0.5, 0.6) is 0 Å². The summed E-state index contributed by atoms with van der Waals surface area (Å²) in [6, 6.07) is 9.46. The number of pyridine rings is 1. The maximum atomic E-state index is 11.5. The fraction of sp³-hybridized carbons (Fsp3) is 0.0833. The van der Waals surface area contributed by atoms with Crippen molar-refractivity contribution in [1.29, 1.82) is 0 Å². The van der Waals surface area contributed by atoms with E-state index in [-0.39, 0.29) is 5.56 Å². The van der Waals surface area contributed by atoms with Gasteiger partial charge in [-0.05, 0) is 18.6 Å². The molecule has 76 valence electrons. The number of benzene rings is 1. The molecule has 0 amide bonds. The van der Waals surface area contributed by atoms with E-state index < -0.39 is 0 Å². The van der Waals surface area contributed by atoms with Crippen LogP contribution in [0, 0.1) is 6.92 Å². The van der Waals surface area contributed by atoms with Crippen LogP contribution in [0.25, 0.3) is 11.1 Å². The lowest BCUT2D eigenvalue weighted by Crippen LogP contribution is -2.08. The predicted octanol–water partition coefficient (Wildman–Crippen LogP) is 1.93. The average Bonchev–Trinajstić information content (AvgIpc) is 2.23. The smallest absolute Gasteiger partial charge is 0.255 e. The van der Waals surface area contributed by atoms with Gasteiger partial charge in [0.2, 0.25) is 0 Å². The summed E-state index contributed by atoms with van der Waals surface area (Å²) in [6.45, 7) is 2.01. The van der Waals surface area contributed by atoms with Crippen LogP contribution in [0.4, 0.5) is 5.69 Å². The fourth-order valence-electron chi connectivity index (χ4n) is 1.45. The zero-order valence-corrected chi connectivity index (χ0v) is 8.45. The third-order valence-electron chi connectivity index (χ3n) is 2.29. The topological polar surface area (TPSA) is 58.9 Å². The number of H-pyrrole nitrogens is 1. The summed E-state index contributed by atoms with van der Waals surface area (Å²) < 4.78 is 0. The number of nitrogens with two attached hydrogens (primary N) is 1. The molecule has 0 aliphatic rings. The highest BCUT2D eigenvalue weighted by atomic mass is 16.1. The minimum Gasteiger partial charge on any atom is -0.398 e. The molecular formula is C12H12N2O. The lowest BCUT2D eigenvalue weighted by molar-refractivity contribution is 1.24. The lowest BCUT2D eigenvalue weighted by Gasteiger charge is -2.02. The van der Waals surface area contributed by atoms with E-state index in [1.54, 1.807) is 6.07 Å². The molecule has 2 rings (SSSR count). The molecular weight excluding hydrogens is 188 g/mol. The van der Waals surface area contributed by atoms with Crippen LogP contribution >= 0.6 is 0 Å². The zero-order valence-electron chi connectivity index (χ0n) is 8.45. The van der Waals surface area contributed by atoms with Crippen molar-refractivity contribution in [3.8, 4) is 11.1 Å². The van der Waals surface area contributed by atoms with Crippen molar-refractivity contribution in [3.05, 3.63) is 52.4 Å². The van der Waals surface area contributed by atoms with Crippen LogP contribution in [0.2, 0.25) is 0 Å². The van der Waals surface area contributed by atoms with Crippen LogP contribution < -0.4 is 11.3 Å². The van der Waals surface area contributed by atoms with Crippen molar-refractivity contribution in [2.75, 3.05) is 5.73 Å². The second-order valence-corrected chi connectivity index (χ2v) is 3.54. The van der Waals surface area contributed by atoms with Crippen LogP contribution in [0.1, 0.15) is 5.56 Å². The maximum absolute atomic E-state index is 11.5. The summed E-state index contributed by atoms with van der Waals surface area (Å²) in [7, 11) is 0. The molecule has 0 aliphatic carbocycles. The number of anilines is 1. The van der Waals surface area contributed by atoms with E-state index in [2.05, 4.69) is 4.98 Å². The van der Waals surface area contributed by atoms with Gasteiger partial charge in [0.25, 0.3) is 5.56 Å². The minimum atomic E-state index is -0.118. The Labute approximate surface area is 87.6 Å². The highest BCUT2D eigenvalue weighted by molar-refractivity contribution is 5.65. The first-order chi connectivity index (χ1) is 7.16. The molecule has 0 radical (unpaired) electrons. The monoisotopic (exact) mass is 200 g/mol. The standard InChI is InChI=1S/C12H12N2O/c1-8-2-4-9(5-3-8)11-6-10(13)7-14-12(11)15/h2-7H,13H2,1H3,(H,14,15). The van der Waals surface area contributed by atoms with Crippen molar-refractivity contribution in [2.45, 2.75) is 6.92 Å². The Morgan fingerprint density at radius 1 is 1.20 bits per heavy atom. The molecule has 0 atom stereocenters. The average molecular weight is 200 g/mol. The normalized spacial score (nSPS) is 10.2. The first-order valence-corrected chi connectivity index (χ1v) is 4.72. The summed E-state index contributed by atoms with van der Waals surface area (Å²) in [5.41, 5.74) is 8.72. The molecule has 3 nitrogen and oxygen atoms in total. The fourth-order valence-corrected chi connectivity index (χ4v) is 1.45. The molecule has 0 fully saturated rings. The highest BCUT2D eigenvalue weighted by Gasteiger charge is 2.02. The van der Waals surface area contributed by atoms with Crippen molar-refractivity contribution < 1.29 is 0 Å². The Balaban J connectivity index is 2.58. The van der Waals surface area contributed by atoms with E-state index >= 15 is 0 Å². The van der Waals surface area contributed by atoms with Gasteiger partial charge in [-0.15, -0.1) is 0 Å². The van der Waals surface area contributed by atoms with E-state index in [0.29, 0.717) is 11.3 Å². The number of hydrogen-bond donors (Lipinski definition) is 2. The van der Waals surface area contributed by atoms with Gasteiger partial charge in [-0.3, -0.25) is 4.79 Å². The molecule has 0 saturated carbocycles. The molecule has 3 N–H and O–H groups in total. The Morgan fingerprint density at radius 3 is 2.53 bits per heavy atom. The zero-order chi connectivity index (χ0) is 10.8. The van der Waals surface area contributed by atoms with Crippen molar-refractivity contribution in [2.24, 2.45) is 0 Å². The minimum absolute atomic E-state index is 0.118. The van der Waals surface area contributed by atoms with Crippen LogP contribution in [-0.2, 0) is 0 Å². The molecule has 0 saturated heterocycles. The SMILES string of the molecule is Cc1ccc(-c2cc(N)c[nH]c2=O)cc1. The summed E-state index contributed by atoms with van der Waals surface area (Å²) in [5.74, 6) is 0. The van der Waals surface area contributed by atoms with Gasteiger partial charge in [0.05, 0.1) is 0 Å². The molecule has 3 heteroatoms. The van der Waals surface area contributed by atoms with E-state index in [4.69, 9.17) is 5.73 Å². The van der Waals surface area contributed by atoms with E-state index in [1.165, 1.54) is 11.8 Å². The molecule has 0 unspecified atom stereocenters. The first-order valence-electron chi connectivity index (χ1n) is 4.72. The number of rotatable bonds is 1. The third-order valence-corrected chi connectivity index (χ3v) is 2.29. The molecule has 1 aromatic heterocycles. The summed E-state index contributed by atoms with van der Waals surface area (Å²) >= 11 is 0. The molecule has 0 spiro atoms. The van der Waals surface area contributed by atoms with Crippen molar-refractivity contribution >= 4 is 5.69 Å². The number of hydrogen-bond acceptors (Lipinski definition) is 2. The Morgan fingerprint density at radius 2 is 1.87 bits per heavy atom. The number of aryl methyl sites for hydroxylation is 1. The maximum Gasteiger partial charge on any atom is 0.255 e. The van der Waals surface area contributed by atoms with Crippen LogP contribution in [0.15, 0.2) is 41.3 Å². The largest absolute Gasteiger partial charge is 0.398 e. The van der Waals surface area contributed by atoms with Gasteiger partial charge in [-0.25, -0.2) is 0 Å².